The van der Waals surface area contributed by atoms with Gasteiger partial charge in [0, 0.05) is 6.04 Å². The number of aromatic nitrogens is 2. The van der Waals surface area contributed by atoms with Gasteiger partial charge >= 0.3 is 0 Å². The molecule has 0 radical (unpaired) electrons. The van der Waals surface area contributed by atoms with Gasteiger partial charge in [-0.25, -0.2) is 9.97 Å². The molecule has 1 aromatic heterocycles. The van der Waals surface area contributed by atoms with Crippen LogP contribution < -0.4 is 15.8 Å². The highest BCUT2D eigenvalue weighted by Crippen LogP contribution is 2.27. The second kappa shape index (κ2) is 5.38. The van der Waals surface area contributed by atoms with Crippen LogP contribution in [0.25, 0.3) is 0 Å². The molecule has 0 saturated carbocycles. The maximum Gasteiger partial charge on any atom is 0.203 e. The monoisotopic (exact) mass is 210 g/mol. The van der Waals surface area contributed by atoms with E-state index in [1.165, 1.54) is 6.33 Å². The Morgan fingerprint density at radius 2 is 2.07 bits per heavy atom. The molecule has 0 fully saturated rings. The molecule has 0 aliphatic heterocycles. The molecule has 1 aromatic rings. The van der Waals surface area contributed by atoms with Crippen LogP contribution in [0.1, 0.15) is 26.7 Å². The minimum Gasteiger partial charge on any atom is -0.490 e. The predicted octanol–water partition coefficient (Wildman–Crippen LogP) is 1.67. The summed E-state index contributed by atoms with van der Waals surface area (Å²) in [7, 11) is 1.56. The van der Waals surface area contributed by atoms with Gasteiger partial charge in [-0.2, -0.15) is 0 Å². The minimum absolute atomic E-state index is 0.362. The number of anilines is 2. The normalized spacial score (nSPS) is 10.4. The van der Waals surface area contributed by atoms with Crippen LogP contribution >= 0.6 is 0 Å². The SMILES string of the molecule is CCC(CC)Nc1ncnc(N)c1OC. The van der Waals surface area contributed by atoms with Crippen LogP contribution in [0.5, 0.6) is 5.75 Å². The molecule has 0 spiro atoms. The lowest BCUT2D eigenvalue weighted by Crippen LogP contribution is -2.19. The van der Waals surface area contributed by atoms with E-state index in [1.807, 2.05) is 0 Å². The Kier molecular flexibility index (Phi) is 4.15. The van der Waals surface area contributed by atoms with Gasteiger partial charge < -0.3 is 15.8 Å². The van der Waals surface area contributed by atoms with Gasteiger partial charge in [-0.05, 0) is 12.8 Å². The number of nitrogens with two attached hydrogens (primary N) is 1. The zero-order valence-corrected chi connectivity index (χ0v) is 9.45. The maximum atomic E-state index is 5.67. The molecule has 5 heteroatoms. The molecular weight excluding hydrogens is 192 g/mol. The van der Waals surface area contributed by atoms with Crippen molar-refractivity contribution in [2.24, 2.45) is 0 Å². The zero-order valence-electron chi connectivity index (χ0n) is 9.45. The van der Waals surface area contributed by atoms with Crippen molar-refractivity contribution in [3.63, 3.8) is 0 Å². The Morgan fingerprint density at radius 1 is 1.40 bits per heavy atom. The number of ether oxygens (including phenoxy) is 1. The first kappa shape index (κ1) is 11.6. The molecule has 0 bridgehead atoms. The van der Waals surface area contributed by atoms with Crippen molar-refractivity contribution >= 4 is 11.6 Å². The van der Waals surface area contributed by atoms with Crippen molar-refractivity contribution in [3.05, 3.63) is 6.33 Å². The lowest BCUT2D eigenvalue weighted by atomic mass is 10.2. The third kappa shape index (κ3) is 2.71. The number of methoxy groups -OCH3 is 1. The highest BCUT2D eigenvalue weighted by molar-refractivity contribution is 5.61. The second-order valence-corrected chi connectivity index (χ2v) is 3.30. The van der Waals surface area contributed by atoms with E-state index < -0.39 is 0 Å². The molecule has 84 valence electrons. The Balaban J connectivity index is 2.88. The summed E-state index contributed by atoms with van der Waals surface area (Å²) in [6.07, 6.45) is 3.50. The van der Waals surface area contributed by atoms with Crippen molar-refractivity contribution in [1.29, 1.82) is 0 Å². The Bertz CT molecular complexity index is 312. The van der Waals surface area contributed by atoms with Gasteiger partial charge in [-0.3, -0.25) is 0 Å². The average Bonchev–Trinajstić information content (AvgIpc) is 2.26. The van der Waals surface area contributed by atoms with Crippen LogP contribution in [0.2, 0.25) is 0 Å². The van der Waals surface area contributed by atoms with Gasteiger partial charge in [0.1, 0.15) is 6.33 Å². The molecule has 3 N–H and O–H groups in total. The molecule has 0 amide bonds. The molecule has 5 nitrogen and oxygen atoms in total. The number of nitrogen functional groups attached to an aromatic ring is 1. The van der Waals surface area contributed by atoms with Crippen LogP contribution in [-0.2, 0) is 0 Å². The Labute approximate surface area is 90.1 Å². The van der Waals surface area contributed by atoms with E-state index in [4.69, 9.17) is 10.5 Å². The van der Waals surface area contributed by atoms with Crippen LogP contribution in [0.4, 0.5) is 11.6 Å². The Hall–Kier alpha value is -1.52. The summed E-state index contributed by atoms with van der Waals surface area (Å²) in [6.45, 7) is 4.25. The standard InChI is InChI=1S/C10H18N4O/c1-4-7(5-2)14-10-8(15-3)9(11)12-6-13-10/h6-7H,4-5H2,1-3H3,(H3,11,12,13,14). The number of nitrogens with one attached hydrogen (secondary N) is 1. The first-order valence-corrected chi connectivity index (χ1v) is 5.13. The van der Waals surface area contributed by atoms with Gasteiger partial charge in [0.25, 0.3) is 0 Å². The first-order chi connectivity index (χ1) is 7.22. The number of rotatable bonds is 5. The molecular formula is C10H18N4O. The summed E-state index contributed by atoms with van der Waals surface area (Å²) in [5.41, 5.74) is 5.67. The zero-order chi connectivity index (χ0) is 11.3. The summed E-state index contributed by atoms with van der Waals surface area (Å²) < 4.78 is 5.15. The number of hydrogen-bond acceptors (Lipinski definition) is 5. The number of nitrogens with zero attached hydrogens (tertiary/aromatic N) is 2. The second-order valence-electron chi connectivity index (χ2n) is 3.30. The fraction of sp³-hybridized carbons (Fsp3) is 0.600. The quantitative estimate of drug-likeness (QED) is 0.773. The molecule has 1 rings (SSSR count). The molecule has 0 unspecified atom stereocenters. The average molecular weight is 210 g/mol. The van der Waals surface area contributed by atoms with E-state index in [9.17, 15) is 0 Å². The van der Waals surface area contributed by atoms with Gasteiger partial charge in [0.15, 0.2) is 11.6 Å². The van der Waals surface area contributed by atoms with Crippen molar-refractivity contribution in [2.45, 2.75) is 32.7 Å². The fourth-order valence-electron chi connectivity index (χ4n) is 1.38. The third-order valence-electron chi connectivity index (χ3n) is 2.36. The maximum absolute atomic E-state index is 5.67. The number of hydrogen-bond donors (Lipinski definition) is 2. The van der Waals surface area contributed by atoms with E-state index in [0.29, 0.717) is 23.4 Å². The summed E-state index contributed by atoms with van der Waals surface area (Å²) in [6, 6.07) is 0.383. The van der Waals surface area contributed by atoms with Crippen molar-refractivity contribution in [3.8, 4) is 5.75 Å². The molecule has 0 saturated heterocycles. The summed E-state index contributed by atoms with van der Waals surface area (Å²) >= 11 is 0. The molecule has 15 heavy (non-hydrogen) atoms. The molecule has 1 heterocycles. The van der Waals surface area contributed by atoms with Crippen molar-refractivity contribution < 1.29 is 4.74 Å². The smallest absolute Gasteiger partial charge is 0.203 e. The van der Waals surface area contributed by atoms with Crippen molar-refractivity contribution in [2.75, 3.05) is 18.2 Å². The minimum atomic E-state index is 0.362. The van der Waals surface area contributed by atoms with Crippen LogP contribution in [0.3, 0.4) is 0 Å². The Morgan fingerprint density at radius 3 is 2.60 bits per heavy atom. The summed E-state index contributed by atoms with van der Waals surface area (Å²) in [5, 5.41) is 3.28. The van der Waals surface area contributed by atoms with Crippen LogP contribution in [0.15, 0.2) is 6.33 Å². The van der Waals surface area contributed by atoms with E-state index in [2.05, 4.69) is 29.1 Å². The van der Waals surface area contributed by atoms with E-state index in [1.54, 1.807) is 7.11 Å². The molecule has 0 aliphatic carbocycles. The van der Waals surface area contributed by atoms with Gasteiger partial charge in [-0.1, -0.05) is 13.8 Å². The first-order valence-electron chi connectivity index (χ1n) is 5.13. The van der Waals surface area contributed by atoms with Crippen LogP contribution in [-0.4, -0.2) is 23.1 Å². The van der Waals surface area contributed by atoms with E-state index in [0.717, 1.165) is 12.8 Å². The van der Waals surface area contributed by atoms with Crippen molar-refractivity contribution in [1.82, 2.24) is 9.97 Å². The van der Waals surface area contributed by atoms with E-state index >= 15 is 0 Å². The van der Waals surface area contributed by atoms with Gasteiger partial charge in [0.2, 0.25) is 5.75 Å². The summed E-state index contributed by atoms with van der Waals surface area (Å²) in [4.78, 5) is 7.99. The predicted molar refractivity (Wildman–Crippen MR) is 61.0 cm³/mol. The third-order valence-corrected chi connectivity index (χ3v) is 2.36. The molecule has 0 atom stereocenters. The lowest BCUT2D eigenvalue weighted by molar-refractivity contribution is 0.414. The van der Waals surface area contributed by atoms with Crippen LogP contribution in [0, 0.1) is 0 Å². The fourth-order valence-corrected chi connectivity index (χ4v) is 1.38. The van der Waals surface area contributed by atoms with Gasteiger partial charge in [-0.15, -0.1) is 0 Å². The highest BCUT2D eigenvalue weighted by Gasteiger charge is 2.12. The van der Waals surface area contributed by atoms with E-state index in [-0.39, 0.29) is 0 Å². The van der Waals surface area contributed by atoms with Gasteiger partial charge in [0.05, 0.1) is 7.11 Å². The largest absolute Gasteiger partial charge is 0.490 e. The highest BCUT2D eigenvalue weighted by atomic mass is 16.5. The summed E-state index contributed by atoms with van der Waals surface area (Å²) in [5.74, 6) is 1.55. The molecule has 0 aliphatic rings. The molecule has 0 aromatic carbocycles. The lowest BCUT2D eigenvalue weighted by Gasteiger charge is -2.17. The topological polar surface area (TPSA) is 73.1 Å².